The fourth-order valence-electron chi connectivity index (χ4n) is 5.74. The number of imide groups is 1. The van der Waals surface area contributed by atoms with Gasteiger partial charge in [-0.3, -0.25) is 33.7 Å². The van der Waals surface area contributed by atoms with Crippen molar-refractivity contribution in [3.8, 4) is 0 Å². The number of likely N-dealkylation sites (N-methyl/N-ethyl adjacent to an activating group) is 1. The lowest BCUT2D eigenvalue weighted by Gasteiger charge is -2.39. The molecule has 0 saturated carbocycles. The third-order valence-corrected chi connectivity index (χ3v) is 9.29. The van der Waals surface area contributed by atoms with Crippen LogP contribution in [-0.4, -0.2) is 94.0 Å². The third kappa shape index (κ3) is 11.7. The van der Waals surface area contributed by atoms with E-state index in [0.717, 1.165) is 22.6 Å². The number of aliphatic carboxylic acids is 1. The van der Waals surface area contributed by atoms with Crippen LogP contribution in [0, 0.1) is 11.3 Å². The Morgan fingerprint density at radius 1 is 0.941 bits per heavy atom. The van der Waals surface area contributed by atoms with Gasteiger partial charge in [-0.1, -0.05) is 84.9 Å². The van der Waals surface area contributed by atoms with Gasteiger partial charge in [0.05, 0.1) is 12.1 Å². The molecule has 0 radical (unpaired) electrons. The molecule has 1 aromatic rings. The summed E-state index contributed by atoms with van der Waals surface area (Å²) < 4.78 is 0. The molecule has 0 bridgehead atoms. The topological polar surface area (TPSA) is 196 Å². The lowest BCUT2D eigenvalue weighted by atomic mass is 9.77. The number of nitrogens with two attached hydrogens (primary N) is 1. The molecule has 1 aliphatic rings. The van der Waals surface area contributed by atoms with Crippen LogP contribution in [0.5, 0.6) is 0 Å². The van der Waals surface area contributed by atoms with Gasteiger partial charge >= 0.3 is 5.97 Å². The molecule has 51 heavy (non-hydrogen) atoms. The number of carbonyl (C=O) groups excluding carboxylic acids is 6. The summed E-state index contributed by atoms with van der Waals surface area (Å²) in [6.45, 7) is 14.6. The molecule has 280 valence electrons. The van der Waals surface area contributed by atoms with E-state index in [1.807, 2.05) is 78.8 Å². The van der Waals surface area contributed by atoms with Crippen molar-refractivity contribution in [1.82, 2.24) is 20.4 Å². The van der Waals surface area contributed by atoms with Crippen molar-refractivity contribution >= 4 is 41.3 Å². The maximum Gasteiger partial charge on any atom is 0.326 e. The molecule has 1 aliphatic heterocycles. The van der Waals surface area contributed by atoms with E-state index < -0.39 is 64.6 Å². The molecule has 2 rings (SSSR count). The van der Waals surface area contributed by atoms with Crippen LogP contribution >= 0.6 is 0 Å². The highest BCUT2D eigenvalue weighted by atomic mass is 16.4. The quantitative estimate of drug-likeness (QED) is 0.131. The minimum absolute atomic E-state index is 0.0411. The van der Waals surface area contributed by atoms with Crippen LogP contribution in [0.15, 0.2) is 54.1 Å². The maximum atomic E-state index is 14.1. The van der Waals surface area contributed by atoms with Gasteiger partial charge in [0.1, 0.15) is 17.9 Å². The van der Waals surface area contributed by atoms with Gasteiger partial charge in [-0.2, -0.15) is 0 Å². The van der Waals surface area contributed by atoms with Crippen molar-refractivity contribution in [2.24, 2.45) is 17.1 Å². The van der Waals surface area contributed by atoms with E-state index in [9.17, 15) is 38.7 Å². The van der Waals surface area contributed by atoms with Crippen molar-refractivity contribution in [2.75, 3.05) is 13.6 Å². The van der Waals surface area contributed by atoms with Crippen molar-refractivity contribution in [1.29, 1.82) is 0 Å². The number of nitrogens with one attached hydrogen (secondary N) is 2. The van der Waals surface area contributed by atoms with Crippen LogP contribution in [0.1, 0.15) is 86.6 Å². The van der Waals surface area contributed by atoms with Gasteiger partial charge in [0.2, 0.25) is 17.7 Å². The van der Waals surface area contributed by atoms with E-state index in [0.29, 0.717) is 0 Å². The fraction of sp³-hybridized carbons (Fsp3) is 0.553. The van der Waals surface area contributed by atoms with E-state index in [1.165, 1.54) is 11.8 Å². The zero-order valence-corrected chi connectivity index (χ0v) is 31.3. The molecule has 5 amide bonds. The standard InChI is InChI=1S/C38H55N5O8/c1-23(2)28(42(9)35(49)32(37(4,5)6)41-34(48)31(39)38(7,8)25-14-11-10-12-15-25)22-24(3)33(47)40-27(36(50)51)18-17-26(44)16-13-21-43-29(45)19-20-30(43)46/h10-12,14-15,19-20,22-23,27-28,31-32H,13,16-18,21,39H2,1-9H3,(H,40,47)(H,41,48)(H,50,51)/b24-22+/t27-,28-,31-,32-/m1/s1. The van der Waals surface area contributed by atoms with Crippen LogP contribution in [0.25, 0.3) is 0 Å². The summed E-state index contributed by atoms with van der Waals surface area (Å²) in [7, 11) is 1.59. The van der Waals surface area contributed by atoms with Gasteiger partial charge in [-0.25, -0.2) is 4.79 Å². The van der Waals surface area contributed by atoms with E-state index in [4.69, 9.17) is 5.73 Å². The number of hydrogen-bond donors (Lipinski definition) is 4. The largest absolute Gasteiger partial charge is 0.480 e. The van der Waals surface area contributed by atoms with Crippen molar-refractivity contribution < 1.29 is 38.7 Å². The Morgan fingerprint density at radius 2 is 1.51 bits per heavy atom. The molecule has 13 nitrogen and oxygen atoms in total. The molecule has 0 unspecified atom stereocenters. The molecule has 13 heteroatoms. The van der Waals surface area contributed by atoms with E-state index >= 15 is 0 Å². The Labute approximate surface area is 301 Å². The summed E-state index contributed by atoms with van der Waals surface area (Å²) in [5, 5.41) is 15.1. The smallest absolute Gasteiger partial charge is 0.326 e. The normalized spacial score (nSPS) is 16.1. The maximum absolute atomic E-state index is 14.1. The molecule has 0 fully saturated rings. The Morgan fingerprint density at radius 3 is 2.02 bits per heavy atom. The molecule has 5 N–H and O–H groups in total. The summed E-state index contributed by atoms with van der Waals surface area (Å²) in [6.07, 6.45) is 3.91. The number of hydrogen-bond acceptors (Lipinski definition) is 8. The van der Waals surface area contributed by atoms with Crippen LogP contribution < -0.4 is 16.4 Å². The van der Waals surface area contributed by atoms with Gasteiger partial charge in [0.25, 0.3) is 11.8 Å². The number of carboxylic acid groups (broad SMARTS) is 1. The van der Waals surface area contributed by atoms with Gasteiger partial charge < -0.3 is 26.4 Å². The molecule has 0 spiro atoms. The molecular formula is C38H55N5O8. The fourth-order valence-corrected chi connectivity index (χ4v) is 5.74. The number of benzene rings is 1. The highest BCUT2D eigenvalue weighted by Crippen LogP contribution is 2.28. The van der Waals surface area contributed by atoms with Gasteiger partial charge in [-0.05, 0) is 36.7 Å². The molecule has 0 aromatic heterocycles. The molecule has 1 aromatic carbocycles. The average Bonchev–Trinajstić information content (AvgIpc) is 3.38. The Balaban J connectivity index is 2.11. The van der Waals surface area contributed by atoms with Crippen LogP contribution in [-0.2, 0) is 39.0 Å². The second-order valence-electron chi connectivity index (χ2n) is 15.1. The number of Topliss-reactive ketones (excluding diaryl/α,β-unsaturated/α-hetero) is 1. The first kappa shape index (κ1) is 42.5. The Bertz CT molecular complexity index is 1510. The van der Waals surface area contributed by atoms with E-state index in [-0.39, 0.29) is 55.4 Å². The third-order valence-electron chi connectivity index (χ3n) is 9.29. The number of ketones is 1. The molecule has 0 saturated heterocycles. The van der Waals surface area contributed by atoms with Crippen LogP contribution in [0.2, 0.25) is 0 Å². The second-order valence-corrected chi connectivity index (χ2v) is 15.1. The zero-order valence-electron chi connectivity index (χ0n) is 31.3. The summed E-state index contributed by atoms with van der Waals surface area (Å²) in [6, 6.07) is 5.54. The summed E-state index contributed by atoms with van der Waals surface area (Å²) >= 11 is 0. The SMILES string of the molecule is C/C(=C\[C@H](C(C)C)N(C)C(=O)[C@@H](NC(=O)[C@@H](N)C(C)(C)c1ccccc1)C(C)(C)C)C(=O)N[C@H](CCC(=O)CCCN1C(=O)C=CC1=O)C(=O)O. The minimum Gasteiger partial charge on any atom is -0.480 e. The molecule has 0 aliphatic carbocycles. The number of carboxylic acids is 1. The van der Waals surface area contributed by atoms with E-state index in [2.05, 4.69) is 10.6 Å². The molecule has 1 heterocycles. The highest BCUT2D eigenvalue weighted by Gasteiger charge is 2.41. The highest BCUT2D eigenvalue weighted by molar-refractivity contribution is 6.12. The van der Waals surface area contributed by atoms with Gasteiger partial charge in [0, 0.05) is 49.6 Å². The first-order valence-corrected chi connectivity index (χ1v) is 17.2. The average molecular weight is 710 g/mol. The van der Waals surface area contributed by atoms with Crippen LogP contribution in [0.3, 0.4) is 0 Å². The number of nitrogens with zero attached hydrogens (tertiary/aromatic N) is 2. The van der Waals surface area contributed by atoms with E-state index in [1.54, 1.807) is 13.1 Å². The number of rotatable bonds is 18. The Kier molecular flexibility index (Phi) is 15.0. The monoisotopic (exact) mass is 709 g/mol. The summed E-state index contributed by atoms with van der Waals surface area (Å²) in [5.74, 6) is -4.17. The van der Waals surface area contributed by atoms with Gasteiger partial charge in [0.15, 0.2) is 0 Å². The second kappa shape index (κ2) is 18.0. The molecule has 4 atom stereocenters. The van der Waals surface area contributed by atoms with Gasteiger partial charge in [-0.15, -0.1) is 0 Å². The van der Waals surface area contributed by atoms with Crippen molar-refractivity contribution in [2.45, 2.75) is 111 Å². The van der Waals surface area contributed by atoms with Crippen molar-refractivity contribution in [3.63, 3.8) is 0 Å². The predicted molar refractivity (Wildman–Crippen MR) is 193 cm³/mol. The summed E-state index contributed by atoms with van der Waals surface area (Å²) in [4.78, 5) is 91.0. The minimum atomic E-state index is -1.35. The Hall–Kier alpha value is -4.65. The lowest BCUT2D eigenvalue weighted by Crippen LogP contribution is -2.61. The van der Waals surface area contributed by atoms with Crippen LogP contribution in [0.4, 0.5) is 0 Å². The zero-order chi connectivity index (χ0) is 38.8. The number of amides is 5. The predicted octanol–water partition coefficient (Wildman–Crippen LogP) is 2.88. The molecular weight excluding hydrogens is 654 g/mol. The first-order chi connectivity index (χ1) is 23.6. The first-order valence-electron chi connectivity index (χ1n) is 17.2. The lowest BCUT2D eigenvalue weighted by molar-refractivity contribution is -0.142. The van der Waals surface area contributed by atoms with Crippen molar-refractivity contribution in [3.05, 3.63) is 59.7 Å². The number of carbonyl (C=O) groups is 7. The summed E-state index contributed by atoms with van der Waals surface area (Å²) in [5.41, 5.74) is 6.09.